The Balaban J connectivity index is 2.00. The van der Waals surface area contributed by atoms with Crippen LogP contribution in [0.5, 0.6) is 0 Å². The molecule has 1 aromatic rings. The smallest absolute Gasteiger partial charge is 0.254 e. The maximum absolute atomic E-state index is 12.2. The molecule has 0 aliphatic carbocycles. The van der Waals surface area contributed by atoms with Crippen molar-refractivity contribution in [3.8, 4) is 0 Å². The van der Waals surface area contributed by atoms with Gasteiger partial charge in [0.1, 0.15) is 5.82 Å². The topological polar surface area (TPSA) is 86.3 Å². The Morgan fingerprint density at radius 2 is 2.19 bits per heavy atom. The fourth-order valence-corrected chi connectivity index (χ4v) is 2.87. The van der Waals surface area contributed by atoms with Crippen LogP contribution in [0.2, 0.25) is 0 Å². The average Bonchev–Trinajstić information content (AvgIpc) is 2.35. The number of piperidine rings is 1. The highest BCUT2D eigenvalue weighted by atomic mass is 16.3. The first-order valence-electron chi connectivity index (χ1n) is 7.35. The van der Waals surface area contributed by atoms with Gasteiger partial charge in [-0.25, -0.2) is 4.98 Å². The predicted octanol–water partition coefficient (Wildman–Crippen LogP) is 0.693. The number of H-pyrrole nitrogens is 1. The lowest BCUT2D eigenvalue weighted by atomic mass is 9.95. The van der Waals surface area contributed by atoms with E-state index in [0.29, 0.717) is 36.6 Å². The van der Waals surface area contributed by atoms with Gasteiger partial charge in [0.2, 0.25) is 5.91 Å². The van der Waals surface area contributed by atoms with Gasteiger partial charge in [-0.3, -0.25) is 9.59 Å². The van der Waals surface area contributed by atoms with Crippen molar-refractivity contribution in [3.63, 3.8) is 0 Å². The molecular weight excluding hydrogens is 270 g/mol. The summed E-state index contributed by atoms with van der Waals surface area (Å²) in [4.78, 5) is 32.7. The third-order valence-corrected chi connectivity index (χ3v) is 3.96. The average molecular weight is 293 g/mol. The molecule has 1 atom stereocenters. The van der Waals surface area contributed by atoms with Gasteiger partial charge in [0, 0.05) is 30.8 Å². The molecule has 1 amide bonds. The number of rotatable bonds is 3. The summed E-state index contributed by atoms with van der Waals surface area (Å²) in [6.07, 6.45) is 2.18. The summed E-state index contributed by atoms with van der Waals surface area (Å²) in [6, 6.07) is 0. The van der Waals surface area contributed by atoms with Crippen molar-refractivity contribution in [1.29, 1.82) is 0 Å². The quantitative estimate of drug-likeness (QED) is 0.858. The maximum Gasteiger partial charge on any atom is 0.254 e. The molecular formula is C15H23N3O3. The van der Waals surface area contributed by atoms with Gasteiger partial charge in [0.15, 0.2) is 0 Å². The van der Waals surface area contributed by atoms with Crippen LogP contribution in [0.3, 0.4) is 0 Å². The zero-order valence-corrected chi connectivity index (χ0v) is 12.9. The molecule has 1 aliphatic heterocycles. The van der Waals surface area contributed by atoms with Crippen molar-refractivity contribution in [2.45, 2.75) is 52.1 Å². The van der Waals surface area contributed by atoms with E-state index in [1.807, 2.05) is 0 Å². The fraction of sp³-hybridized carbons (Fsp3) is 0.667. The first kappa shape index (κ1) is 15.7. The van der Waals surface area contributed by atoms with Crippen LogP contribution in [-0.4, -0.2) is 44.6 Å². The van der Waals surface area contributed by atoms with Crippen LogP contribution in [0.15, 0.2) is 4.79 Å². The van der Waals surface area contributed by atoms with E-state index in [4.69, 9.17) is 0 Å². The Bertz CT molecular complexity index is 592. The van der Waals surface area contributed by atoms with Crippen LogP contribution in [0.25, 0.3) is 0 Å². The number of aliphatic hydroxyl groups is 1. The Kier molecular flexibility index (Phi) is 4.46. The first-order chi connectivity index (χ1) is 9.78. The molecule has 2 heterocycles. The highest BCUT2D eigenvalue weighted by molar-refractivity contribution is 5.76. The molecule has 1 unspecified atom stereocenters. The summed E-state index contributed by atoms with van der Waals surface area (Å²) >= 11 is 0. The Hall–Kier alpha value is -1.69. The lowest BCUT2D eigenvalue weighted by Gasteiger charge is -2.36. The van der Waals surface area contributed by atoms with Gasteiger partial charge in [-0.2, -0.15) is 0 Å². The second-order valence-electron chi connectivity index (χ2n) is 6.13. The molecule has 0 radical (unpaired) electrons. The Labute approximate surface area is 124 Å². The SMILES string of the molecule is Cc1nc(C)c(CCC(=O)N2CCCC(C)(O)C2)c(=O)[nH]1. The summed E-state index contributed by atoms with van der Waals surface area (Å²) in [6.45, 7) is 6.32. The molecule has 1 saturated heterocycles. The molecule has 1 fully saturated rings. The number of likely N-dealkylation sites (tertiary alicyclic amines) is 1. The standard InChI is InChI=1S/C15H23N3O3/c1-10-12(14(20)17-11(2)16-10)5-6-13(19)18-8-4-7-15(3,21)9-18/h21H,4-9H2,1-3H3,(H,16,17,20). The molecule has 0 bridgehead atoms. The van der Waals surface area contributed by atoms with Crippen molar-refractivity contribution in [1.82, 2.24) is 14.9 Å². The van der Waals surface area contributed by atoms with Crippen LogP contribution in [-0.2, 0) is 11.2 Å². The van der Waals surface area contributed by atoms with Gasteiger partial charge >= 0.3 is 0 Å². The third kappa shape index (κ3) is 3.91. The first-order valence-corrected chi connectivity index (χ1v) is 7.35. The number of amides is 1. The highest BCUT2D eigenvalue weighted by Gasteiger charge is 2.30. The van der Waals surface area contributed by atoms with Crippen LogP contribution >= 0.6 is 0 Å². The van der Waals surface area contributed by atoms with Gasteiger partial charge in [0.25, 0.3) is 5.56 Å². The van der Waals surface area contributed by atoms with Crippen molar-refractivity contribution in [2.75, 3.05) is 13.1 Å². The summed E-state index contributed by atoms with van der Waals surface area (Å²) in [5.74, 6) is 0.564. The summed E-state index contributed by atoms with van der Waals surface area (Å²) in [7, 11) is 0. The molecule has 21 heavy (non-hydrogen) atoms. The van der Waals surface area contributed by atoms with Gasteiger partial charge < -0.3 is 15.0 Å². The van der Waals surface area contributed by atoms with E-state index >= 15 is 0 Å². The second kappa shape index (κ2) is 5.97. The number of β-amino-alcohol motifs (C(OH)–C–C–N with tert-alkyl or cyclic N) is 1. The fourth-order valence-electron chi connectivity index (χ4n) is 2.87. The van der Waals surface area contributed by atoms with Crippen molar-refractivity contribution in [3.05, 3.63) is 27.4 Å². The zero-order valence-electron chi connectivity index (χ0n) is 12.9. The molecule has 2 rings (SSSR count). The van der Waals surface area contributed by atoms with Crippen molar-refractivity contribution in [2.24, 2.45) is 0 Å². The van der Waals surface area contributed by atoms with E-state index in [9.17, 15) is 14.7 Å². The van der Waals surface area contributed by atoms with E-state index in [2.05, 4.69) is 9.97 Å². The third-order valence-electron chi connectivity index (χ3n) is 3.96. The number of carbonyl (C=O) groups excluding carboxylic acids is 1. The summed E-state index contributed by atoms with van der Waals surface area (Å²) in [5.41, 5.74) is 0.276. The number of carbonyl (C=O) groups is 1. The second-order valence-corrected chi connectivity index (χ2v) is 6.13. The minimum Gasteiger partial charge on any atom is -0.388 e. The lowest BCUT2D eigenvalue weighted by molar-refractivity contribution is -0.137. The number of aryl methyl sites for hydroxylation is 2. The number of aromatic nitrogens is 2. The van der Waals surface area contributed by atoms with Gasteiger partial charge in [-0.15, -0.1) is 0 Å². The number of hydrogen-bond acceptors (Lipinski definition) is 4. The molecule has 116 valence electrons. The molecule has 0 spiro atoms. The van der Waals surface area contributed by atoms with Crippen molar-refractivity contribution < 1.29 is 9.90 Å². The zero-order chi connectivity index (χ0) is 15.6. The Morgan fingerprint density at radius 1 is 1.48 bits per heavy atom. The number of nitrogens with one attached hydrogen (secondary N) is 1. The lowest BCUT2D eigenvalue weighted by Crippen LogP contribution is -2.48. The van der Waals surface area contributed by atoms with E-state index in [1.165, 1.54) is 0 Å². The number of hydrogen-bond donors (Lipinski definition) is 2. The largest absolute Gasteiger partial charge is 0.388 e. The molecule has 1 aromatic heterocycles. The molecule has 0 saturated carbocycles. The van der Waals surface area contributed by atoms with E-state index in [0.717, 1.165) is 12.8 Å². The van der Waals surface area contributed by atoms with Crippen LogP contribution in [0, 0.1) is 13.8 Å². The highest BCUT2D eigenvalue weighted by Crippen LogP contribution is 2.21. The predicted molar refractivity (Wildman–Crippen MR) is 79.1 cm³/mol. The monoisotopic (exact) mass is 293 g/mol. The molecule has 6 heteroatoms. The molecule has 2 N–H and O–H groups in total. The van der Waals surface area contributed by atoms with Crippen molar-refractivity contribution >= 4 is 5.91 Å². The molecule has 0 aromatic carbocycles. The number of nitrogens with zero attached hydrogens (tertiary/aromatic N) is 2. The van der Waals surface area contributed by atoms with E-state index in [-0.39, 0.29) is 17.9 Å². The van der Waals surface area contributed by atoms with Crippen LogP contribution < -0.4 is 5.56 Å². The molecule has 1 aliphatic rings. The maximum atomic E-state index is 12.2. The molecule has 6 nitrogen and oxygen atoms in total. The van der Waals surface area contributed by atoms with E-state index in [1.54, 1.807) is 25.7 Å². The van der Waals surface area contributed by atoms with Gasteiger partial charge in [-0.05, 0) is 40.0 Å². The van der Waals surface area contributed by atoms with Gasteiger partial charge in [0.05, 0.1) is 5.60 Å². The van der Waals surface area contributed by atoms with E-state index < -0.39 is 5.60 Å². The van der Waals surface area contributed by atoms with Gasteiger partial charge in [-0.1, -0.05) is 0 Å². The van der Waals surface area contributed by atoms with Crippen LogP contribution in [0.1, 0.15) is 43.3 Å². The number of aromatic amines is 1. The van der Waals surface area contributed by atoms with Crippen LogP contribution in [0.4, 0.5) is 0 Å². The normalized spacial score (nSPS) is 22.4. The summed E-state index contributed by atoms with van der Waals surface area (Å²) < 4.78 is 0. The minimum absolute atomic E-state index is 0.0191. The minimum atomic E-state index is -0.799. The Morgan fingerprint density at radius 3 is 2.81 bits per heavy atom. The summed E-state index contributed by atoms with van der Waals surface area (Å²) in [5, 5.41) is 10.0.